The molecule has 1 fully saturated rings. The fourth-order valence-electron chi connectivity index (χ4n) is 1.78. The number of hydrogen-bond acceptors (Lipinski definition) is 3. The summed E-state index contributed by atoms with van der Waals surface area (Å²) in [6.45, 7) is 3.63. The lowest BCUT2D eigenvalue weighted by molar-refractivity contribution is 0.131. The quantitative estimate of drug-likeness (QED) is 0.734. The highest BCUT2D eigenvalue weighted by Gasteiger charge is 2.30. The summed E-state index contributed by atoms with van der Waals surface area (Å²) in [6, 6.07) is -0.0492. The summed E-state index contributed by atoms with van der Waals surface area (Å²) in [7, 11) is -3.17. The zero-order valence-electron chi connectivity index (χ0n) is 8.73. The molecule has 0 amide bonds. The number of sulfonamides is 1. The average Bonchev–Trinajstić information content (AvgIpc) is 2.02. The molecule has 0 bridgehead atoms. The van der Waals surface area contributed by atoms with Gasteiger partial charge < -0.3 is 5.11 Å². The predicted octanol–water partition coefficient (Wildman–Crippen LogP) is 0.618. The van der Waals surface area contributed by atoms with E-state index in [4.69, 9.17) is 0 Å². The van der Waals surface area contributed by atoms with Crippen LogP contribution in [0.25, 0.3) is 0 Å². The van der Waals surface area contributed by atoms with Gasteiger partial charge in [0.15, 0.2) is 0 Å². The largest absolute Gasteiger partial charge is 0.393 e. The molecule has 0 aromatic heterocycles. The zero-order chi connectivity index (χ0) is 10.8. The topological polar surface area (TPSA) is 66.4 Å². The number of aliphatic hydroxyl groups excluding tert-OH is 1. The minimum absolute atomic E-state index is 0.0492. The van der Waals surface area contributed by atoms with Crippen LogP contribution in [-0.2, 0) is 10.0 Å². The lowest BCUT2D eigenvalue weighted by Crippen LogP contribution is -2.40. The molecule has 1 saturated carbocycles. The van der Waals surface area contributed by atoms with E-state index < -0.39 is 10.0 Å². The van der Waals surface area contributed by atoms with Crippen molar-refractivity contribution < 1.29 is 13.5 Å². The molecule has 0 unspecified atom stereocenters. The molecule has 0 atom stereocenters. The smallest absolute Gasteiger partial charge is 0.214 e. The zero-order valence-corrected chi connectivity index (χ0v) is 9.55. The molecule has 0 heterocycles. The molecule has 0 saturated heterocycles. The first-order valence-corrected chi connectivity index (χ1v) is 6.65. The molecule has 84 valence electrons. The summed E-state index contributed by atoms with van der Waals surface area (Å²) >= 11 is 0. The van der Waals surface area contributed by atoms with Crippen LogP contribution in [0, 0.1) is 0 Å². The highest BCUT2D eigenvalue weighted by Crippen LogP contribution is 2.23. The summed E-state index contributed by atoms with van der Waals surface area (Å²) < 4.78 is 26.0. The van der Waals surface area contributed by atoms with Crippen LogP contribution in [0.1, 0.15) is 39.5 Å². The molecule has 2 N–H and O–H groups in total. The van der Waals surface area contributed by atoms with Crippen LogP contribution in [0.4, 0.5) is 0 Å². The Bertz CT molecular complexity index is 266. The van der Waals surface area contributed by atoms with Gasteiger partial charge in [-0.05, 0) is 39.5 Å². The van der Waals surface area contributed by atoms with Crippen molar-refractivity contribution in [1.29, 1.82) is 0 Å². The van der Waals surface area contributed by atoms with Crippen molar-refractivity contribution in [3.05, 3.63) is 0 Å². The Balaban J connectivity index is 2.56. The third-order valence-electron chi connectivity index (χ3n) is 2.48. The van der Waals surface area contributed by atoms with Gasteiger partial charge in [-0.15, -0.1) is 0 Å². The molecule has 5 heteroatoms. The fourth-order valence-corrected chi connectivity index (χ4v) is 3.52. The fraction of sp³-hybridized carbons (Fsp3) is 1.00. The number of hydrogen-bond donors (Lipinski definition) is 2. The van der Waals surface area contributed by atoms with Crippen LogP contribution in [0.2, 0.25) is 0 Å². The van der Waals surface area contributed by atoms with Crippen molar-refractivity contribution in [2.75, 3.05) is 0 Å². The highest BCUT2D eigenvalue weighted by molar-refractivity contribution is 7.90. The first-order valence-electron chi connectivity index (χ1n) is 5.11. The molecule has 0 radical (unpaired) electrons. The monoisotopic (exact) mass is 221 g/mol. The van der Waals surface area contributed by atoms with E-state index in [0.29, 0.717) is 25.7 Å². The third kappa shape index (κ3) is 3.22. The SMILES string of the molecule is CC(C)NS(=O)(=O)C1CCC(O)CC1. The van der Waals surface area contributed by atoms with Crippen molar-refractivity contribution in [3.63, 3.8) is 0 Å². The van der Waals surface area contributed by atoms with Crippen molar-refractivity contribution in [3.8, 4) is 0 Å². The Hall–Kier alpha value is -0.130. The molecule has 1 aliphatic carbocycles. The van der Waals surface area contributed by atoms with Gasteiger partial charge >= 0.3 is 0 Å². The van der Waals surface area contributed by atoms with Gasteiger partial charge in [0, 0.05) is 6.04 Å². The molecule has 4 nitrogen and oxygen atoms in total. The predicted molar refractivity (Wildman–Crippen MR) is 55.5 cm³/mol. The van der Waals surface area contributed by atoms with Crippen LogP contribution in [-0.4, -0.2) is 30.9 Å². The molecule has 0 aromatic rings. The van der Waals surface area contributed by atoms with Crippen LogP contribution < -0.4 is 4.72 Å². The molecular formula is C9H19NO3S. The van der Waals surface area contributed by atoms with Crippen molar-refractivity contribution in [1.82, 2.24) is 4.72 Å². The number of nitrogens with one attached hydrogen (secondary N) is 1. The normalized spacial score (nSPS) is 29.4. The Labute approximate surface area is 85.8 Å². The second kappa shape index (κ2) is 4.59. The van der Waals surface area contributed by atoms with Crippen LogP contribution in [0.5, 0.6) is 0 Å². The maximum Gasteiger partial charge on any atom is 0.214 e. The van der Waals surface area contributed by atoms with Gasteiger partial charge in [0.1, 0.15) is 0 Å². The summed E-state index contributed by atoms with van der Waals surface area (Å²) in [5.41, 5.74) is 0. The molecular weight excluding hydrogens is 202 g/mol. The minimum Gasteiger partial charge on any atom is -0.393 e. The van der Waals surface area contributed by atoms with Crippen molar-refractivity contribution in [2.24, 2.45) is 0 Å². The summed E-state index contributed by atoms with van der Waals surface area (Å²) in [4.78, 5) is 0. The Morgan fingerprint density at radius 2 is 1.71 bits per heavy atom. The first-order chi connectivity index (χ1) is 6.42. The summed E-state index contributed by atoms with van der Waals surface area (Å²) in [5, 5.41) is 8.95. The van der Waals surface area contributed by atoms with Crippen LogP contribution >= 0.6 is 0 Å². The molecule has 0 aromatic carbocycles. The van der Waals surface area contributed by atoms with Gasteiger partial charge in [0.25, 0.3) is 0 Å². The average molecular weight is 221 g/mol. The van der Waals surface area contributed by atoms with Crippen LogP contribution in [0.15, 0.2) is 0 Å². The van der Waals surface area contributed by atoms with Gasteiger partial charge in [-0.25, -0.2) is 13.1 Å². The molecule has 0 aliphatic heterocycles. The van der Waals surface area contributed by atoms with Gasteiger partial charge in [-0.3, -0.25) is 0 Å². The molecule has 0 spiro atoms. The van der Waals surface area contributed by atoms with Gasteiger partial charge in [0.2, 0.25) is 10.0 Å². The van der Waals surface area contributed by atoms with E-state index in [1.54, 1.807) is 0 Å². The number of rotatable bonds is 3. The summed E-state index contributed by atoms with van der Waals surface area (Å²) in [6.07, 6.45) is 2.04. The lowest BCUT2D eigenvalue weighted by Gasteiger charge is -2.26. The van der Waals surface area contributed by atoms with Crippen LogP contribution in [0.3, 0.4) is 0 Å². The molecule has 14 heavy (non-hydrogen) atoms. The minimum atomic E-state index is -3.17. The maximum absolute atomic E-state index is 11.7. The second-order valence-corrected chi connectivity index (χ2v) is 6.24. The molecule has 1 rings (SSSR count). The highest BCUT2D eigenvalue weighted by atomic mass is 32.2. The van der Waals surface area contributed by atoms with Crippen molar-refractivity contribution in [2.45, 2.75) is 56.9 Å². The molecule has 1 aliphatic rings. The summed E-state index contributed by atoms with van der Waals surface area (Å²) in [5.74, 6) is 0. The van der Waals surface area contributed by atoms with Crippen molar-refractivity contribution >= 4 is 10.0 Å². The van der Waals surface area contributed by atoms with E-state index in [9.17, 15) is 13.5 Å². The maximum atomic E-state index is 11.7. The second-order valence-electron chi connectivity index (χ2n) is 4.25. The van der Waals surface area contributed by atoms with E-state index in [2.05, 4.69) is 4.72 Å². The standard InChI is InChI=1S/C9H19NO3S/c1-7(2)10-14(12,13)9-5-3-8(11)4-6-9/h7-11H,3-6H2,1-2H3. The van der Waals surface area contributed by atoms with E-state index in [-0.39, 0.29) is 17.4 Å². The van der Waals surface area contributed by atoms with E-state index >= 15 is 0 Å². The van der Waals surface area contributed by atoms with E-state index in [1.165, 1.54) is 0 Å². The van der Waals surface area contributed by atoms with Gasteiger partial charge in [0.05, 0.1) is 11.4 Å². The first kappa shape index (κ1) is 11.9. The Morgan fingerprint density at radius 3 is 2.14 bits per heavy atom. The Morgan fingerprint density at radius 1 is 1.21 bits per heavy atom. The Kier molecular flexibility index (Phi) is 3.92. The lowest BCUT2D eigenvalue weighted by atomic mass is 9.97. The number of aliphatic hydroxyl groups is 1. The van der Waals surface area contributed by atoms with Gasteiger partial charge in [-0.2, -0.15) is 0 Å². The van der Waals surface area contributed by atoms with E-state index in [0.717, 1.165) is 0 Å². The third-order valence-corrected chi connectivity index (χ3v) is 4.63. The van der Waals surface area contributed by atoms with Gasteiger partial charge in [-0.1, -0.05) is 0 Å². The van der Waals surface area contributed by atoms with E-state index in [1.807, 2.05) is 13.8 Å².